The standard InChI is InChI=1S/C10H17NO/c11-7-10(4-5-12)3-1-2-8-6-9(8)10/h5,8-9H,1-4,6-7,11H2. The average molecular weight is 167 g/mol. The quantitative estimate of drug-likeness (QED) is 0.644. The largest absolute Gasteiger partial charge is 0.330 e. The van der Waals surface area contributed by atoms with Crippen molar-refractivity contribution in [3.05, 3.63) is 0 Å². The van der Waals surface area contributed by atoms with Gasteiger partial charge in [0.15, 0.2) is 0 Å². The highest BCUT2D eigenvalue weighted by Crippen LogP contribution is 2.59. The van der Waals surface area contributed by atoms with Crippen molar-refractivity contribution in [1.29, 1.82) is 0 Å². The molecule has 2 aliphatic carbocycles. The van der Waals surface area contributed by atoms with Crippen molar-refractivity contribution in [2.24, 2.45) is 23.0 Å². The maximum Gasteiger partial charge on any atom is 0.120 e. The summed E-state index contributed by atoms with van der Waals surface area (Å²) in [6.45, 7) is 0.715. The van der Waals surface area contributed by atoms with Gasteiger partial charge in [0, 0.05) is 6.42 Å². The lowest BCUT2D eigenvalue weighted by Crippen LogP contribution is -2.35. The summed E-state index contributed by atoms with van der Waals surface area (Å²) in [5.74, 6) is 1.71. The zero-order chi connectivity index (χ0) is 8.60. The lowest BCUT2D eigenvalue weighted by atomic mass is 9.71. The van der Waals surface area contributed by atoms with Gasteiger partial charge in [-0.2, -0.15) is 0 Å². The van der Waals surface area contributed by atoms with E-state index in [2.05, 4.69) is 0 Å². The monoisotopic (exact) mass is 167 g/mol. The third-order valence-corrected chi connectivity index (χ3v) is 3.86. The fourth-order valence-electron chi connectivity index (χ4n) is 2.97. The van der Waals surface area contributed by atoms with Gasteiger partial charge in [0.05, 0.1) is 0 Å². The van der Waals surface area contributed by atoms with E-state index >= 15 is 0 Å². The van der Waals surface area contributed by atoms with Crippen LogP contribution in [0.25, 0.3) is 0 Å². The highest BCUT2D eigenvalue weighted by molar-refractivity contribution is 5.51. The smallest absolute Gasteiger partial charge is 0.120 e. The van der Waals surface area contributed by atoms with Gasteiger partial charge in [-0.05, 0) is 36.6 Å². The van der Waals surface area contributed by atoms with Crippen LogP contribution in [0.4, 0.5) is 0 Å². The summed E-state index contributed by atoms with van der Waals surface area (Å²) < 4.78 is 0. The van der Waals surface area contributed by atoms with Crippen LogP contribution in [0.5, 0.6) is 0 Å². The Hall–Kier alpha value is -0.370. The molecule has 2 fully saturated rings. The van der Waals surface area contributed by atoms with Crippen LogP contribution in [-0.4, -0.2) is 12.8 Å². The van der Waals surface area contributed by atoms with E-state index in [1.165, 1.54) is 25.7 Å². The summed E-state index contributed by atoms with van der Waals surface area (Å²) in [7, 11) is 0. The molecule has 2 nitrogen and oxygen atoms in total. The first-order chi connectivity index (χ1) is 5.82. The lowest BCUT2D eigenvalue weighted by Gasteiger charge is -2.34. The van der Waals surface area contributed by atoms with Crippen LogP contribution in [0.1, 0.15) is 32.1 Å². The Labute approximate surface area is 73.5 Å². The second kappa shape index (κ2) is 2.84. The third-order valence-electron chi connectivity index (χ3n) is 3.86. The minimum Gasteiger partial charge on any atom is -0.330 e. The molecule has 0 bridgehead atoms. The maximum absolute atomic E-state index is 10.5. The Bertz CT molecular complexity index is 192. The predicted molar refractivity (Wildman–Crippen MR) is 47.6 cm³/mol. The van der Waals surface area contributed by atoms with Crippen molar-refractivity contribution < 1.29 is 4.79 Å². The Morgan fingerprint density at radius 3 is 3.08 bits per heavy atom. The maximum atomic E-state index is 10.5. The molecule has 3 unspecified atom stereocenters. The molecule has 2 N–H and O–H groups in total. The van der Waals surface area contributed by atoms with Crippen LogP contribution in [0.2, 0.25) is 0 Å². The van der Waals surface area contributed by atoms with Crippen molar-refractivity contribution in [1.82, 2.24) is 0 Å². The van der Waals surface area contributed by atoms with Gasteiger partial charge in [-0.1, -0.05) is 12.8 Å². The Balaban J connectivity index is 2.09. The third kappa shape index (κ3) is 1.09. The SMILES string of the molecule is NCC1(CC=O)CCCC2CC21. The molecule has 0 aromatic heterocycles. The van der Waals surface area contributed by atoms with Crippen molar-refractivity contribution in [3.63, 3.8) is 0 Å². The number of aldehydes is 1. The van der Waals surface area contributed by atoms with Crippen LogP contribution >= 0.6 is 0 Å². The van der Waals surface area contributed by atoms with Crippen LogP contribution in [0.3, 0.4) is 0 Å². The molecule has 2 aliphatic rings. The van der Waals surface area contributed by atoms with E-state index in [1.54, 1.807) is 0 Å². The van der Waals surface area contributed by atoms with Gasteiger partial charge < -0.3 is 10.5 Å². The molecule has 12 heavy (non-hydrogen) atoms. The first-order valence-corrected chi connectivity index (χ1v) is 4.96. The fourth-order valence-corrected chi connectivity index (χ4v) is 2.97. The van der Waals surface area contributed by atoms with Gasteiger partial charge >= 0.3 is 0 Å². The Morgan fingerprint density at radius 2 is 2.42 bits per heavy atom. The van der Waals surface area contributed by atoms with Crippen molar-refractivity contribution in [3.8, 4) is 0 Å². The second-order valence-corrected chi connectivity index (χ2v) is 4.43. The zero-order valence-corrected chi connectivity index (χ0v) is 7.46. The predicted octanol–water partition coefficient (Wildman–Crippen LogP) is 1.34. The van der Waals surface area contributed by atoms with Gasteiger partial charge in [-0.15, -0.1) is 0 Å². The van der Waals surface area contributed by atoms with Crippen LogP contribution in [-0.2, 0) is 4.79 Å². The number of rotatable bonds is 3. The molecule has 2 rings (SSSR count). The van der Waals surface area contributed by atoms with Gasteiger partial charge in [0.1, 0.15) is 6.29 Å². The van der Waals surface area contributed by atoms with Crippen LogP contribution in [0.15, 0.2) is 0 Å². The molecular weight excluding hydrogens is 150 g/mol. The van der Waals surface area contributed by atoms with Crippen molar-refractivity contribution >= 4 is 6.29 Å². The first-order valence-electron chi connectivity index (χ1n) is 4.96. The molecule has 0 amide bonds. The summed E-state index contributed by atoms with van der Waals surface area (Å²) in [6.07, 6.45) is 6.95. The van der Waals surface area contributed by atoms with Gasteiger partial charge in [-0.3, -0.25) is 0 Å². The van der Waals surface area contributed by atoms with E-state index in [9.17, 15) is 4.79 Å². The molecule has 68 valence electrons. The van der Waals surface area contributed by atoms with E-state index < -0.39 is 0 Å². The van der Waals surface area contributed by atoms with Crippen LogP contribution < -0.4 is 5.73 Å². The number of carbonyl (C=O) groups is 1. The number of hydrogen-bond donors (Lipinski definition) is 1. The number of fused-ring (bicyclic) bond motifs is 1. The summed E-state index contributed by atoms with van der Waals surface area (Å²) >= 11 is 0. The van der Waals surface area contributed by atoms with E-state index in [-0.39, 0.29) is 5.41 Å². The van der Waals surface area contributed by atoms with Crippen LogP contribution in [0, 0.1) is 17.3 Å². The normalized spacial score (nSPS) is 45.1. The molecule has 0 spiro atoms. The lowest BCUT2D eigenvalue weighted by molar-refractivity contribution is -0.110. The highest BCUT2D eigenvalue weighted by atomic mass is 16.1. The molecule has 0 aromatic rings. The number of carbonyl (C=O) groups excluding carboxylic acids is 1. The summed E-state index contributed by atoms with van der Waals surface area (Å²) in [5, 5.41) is 0. The minimum absolute atomic E-state index is 0.213. The molecule has 0 aromatic carbocycles. The van der Waals surface area contributed by atoms with Crippen molar-refractivity contribution in [2.75, 3.05) is 6.54 Å². The molecule has 0 heterocycles. The van der Waals surface area contributed by atoms with Gasteiger partial charge in [0.25, 0.3) is 0 Å². The number of nitrogens with two attached hydrogens (primary N) is 1. The fraction of sp³-hybridized carbons (Fsp3) is 0.900. The minimum atomic E-state index is 0.213. The molecule has 3 atom stereocenters. The molecular formula is C10H17NO. The van der Waals surface area contributed by atoms with Gasteiger partial charge in [-0.25, -0.2) is 0 Å². The summed E-state index contributed by atoms with van der Waals surface area (Å²) in [4.78, 5) is 10.5. The zero-order valence-electron chi connectivity index (χ0n) is 7.46. The average Bonchev–Trinajstić information content (AvgIpc) is 2.85. The van der Waals surface area contributed by atoms with E-state index in [0.717, 1.165) is 18.1 Å². The molecule has 2 saturated carbocycles. The number of hydrogen-bond acceptors (Lipinski definition) is 2. The summed E-state index contributed by atoms with van der Waals surface area (Å²) in [5.41, 5.74) is 6.00. The van der Waals surface area contributed by atoms with E-state index in [4.69, 9.17) is 5.73 Å². The van der Waals surface area contributed by atoms with E-state index in [0.29, 0.717) is 13.0 Å². The van der Waals surface area contributed by atoms with Crippen molar-refractivity contribution in [2.45, 2.75) is 32.1 Å². The topological polar surface area (TPSA) is 43.1 Å². The second-order valence-electron chi connectivity index (χ2n) is 4.43. The Kier molecular flexibility index (Phi) is 1.95. The summed E-state index contributed by atoms with van der Waals surface area (Å²) in [6, 6.07) is 0. The molecule has 0 saturated heterocycles. The molecule has 0 aliphatic heterocycles. The first kappa shape index (κ1) is 8.24. The molecule has 0 radical (unpaired) electrons. The Morgan fingerprint density at radius 1 is 1.58 bits per heavy atom. The molecule has 2 heteroatoms. The van der Waals surface area contributed by atoms with E-state index in [1.807, 2.05) is 0 Å². The van der Waals surface area contributed by atoms with Gasteiger partial charge in [0.2, 0.25) is 0 Å². The highest BCUT2D eigenvalue weighted by Gasteiger charge is 2.53.